The van der Waals surface area contributed by atoms with E-state index in [0.717, 1.165) is 0 Å². The topological polar surface area (TPSA) is 72.2 Å². The number of Topliss-reactive ketones (excluding diaryl/α,β-unsaturated/α-hetero) is 1. The van der Waals surface area contributed by atoms with E-state index in [1.807, 2.05) is 5.43 Å². The number of carbonyl (C=O) groups excluding carboxylic acids is 2. The van der Waals surface area contributed by atoms with E-state index in [9.17, 15) is 9.59 Å². The Morgan fingerprint density at radius 1 is 1.54 bits per heavy atom. The average molecular weight is 206 g/mol. The highest BCUT2D eigenvalue weighted by Crippen LogP contribution is 2.23. The summed E-state index contributed by atoms with van der Waals surface area (Å²) in [6, 6.07) is 0. The molecular formula is C8H18N2O2S. The normalized spacial score (nSPS) is 13.8. The van der Waals surface area contributed by atoms with Crippen molar-refractivity contribution in [3.8, 4) is 0 Å². The third kappa shape index (κ3) is 4.28. The lowest BCUT2D eigenvalue weighted by atomic mass is 9.86. The highest BCUT2D eigenvalue weighted by atomic mass is 32.1. The number of hydrogen-bond acceptors (Lipinski definition) is 4. The first-order valence-electron chi connectivity index (χ1n) is 3.57. The molecule has 0 aliphatic carbocycles. The second kappa shape index (κ2) is 5.99. The van der Waals surface area contributed by atoms with Gasteiger partial charge in [0.25, 0.3) is 0 Å². The summed E-state index contributed by atoms with van der Waals surface area (Å²) >= 11 is 4.00. The standard InChI is InChI=1S/C7H14N2O2S.CH4/c1-5(10)3-7(2,4-12)6(11)9-8;/h12H,3-4,8H2,1-2H3,(H,9,11);1H4. The number of nitrogens with two attached hydrogens (primary N) is 1. The zero-order valence-electron chi connectivity index (χ0n) is 7.26. The molecule has 0 aromatic rings. The Kier molecular flexibility index (Phi) is 6.89. The molecule has 0 saturated heterocycles. The molecule has 0 heterocycles. The molecular weight excluding hydrogens is 188 g/mol. The maximum atomic E-state index is 11.2. The number of ketones is 1. The predicted molar refractivity (Wildman–Crippen MR) is 56.3 cm³/mol. The molecule has 1 unspecified atom stereocenters. The van der Waals surface area contributed by atoms with Gasteiger partial charge in [0.05, 0.1) is 5.41 Å². The average Bonchev–Trinajstić information content (AvgIpc) is 2.01. The maximum Gasteiger partial charge on any atom is 0.241 e. The number of amides is 1. The Labute approximate surface area is 84.6 Å². The maximum absolute atomic E-state index is 11.2. The van der Waals surface area contributed by atoms with Gasteiger partial charge in [-0.3, -0.25) is 15.0 Å². The molecule has 1 amide bonds. The van der Waals surface area contributed by atoms with Gasteiger partial charge in [-0.1, -0.05) is 7.43 Å². The summed E-state index contributed by atoms with van der Waals surface area (Å²) in [6.07, 6.45) is 0.166. The first kappa shape index (κ1) is 14.9. The van der Waals surface area contributed by atoms with E-state index in [4.69, 9.17) is 5.84 Å². The van der Waals surface area contributed by atoms with Gasteiger partial charge in [-0.15, -0.1) is 0 Å². The zero-order valence-corrected chi connectivity index (χ0v) is 8.15. The molecule has 0 saturated carbocycles. The first-order valence-corrected chi connectivity index (χ1v) is 4.21. The van der Waals surface area contributed by atoms with E-state index in [-0.39, 0.29) is 25.5 Å². The van der Waals surface area contributed by atoms with Crippen molar-refractivity contribution in [2.45, 2.75) is 27.7 Å². The third-order valence-corrected chi connectivity index (χ3v) is 2.37. The van der Waals surface area contributed by atoms with Crippen molar-refractivity contribution < 1.29 is 9.59 Å². The lowest BCUT2D eigenvalue weighted by molar-refractivity contribution is -0.133. The van der Waals surface area contributed by atoms with Crippen LogP contribution >= 0.6 is 12.6 Å². The molecule has 0 aromatic carbocycles. The van der Waals surface area contributed by atoms with E-state index in [1.165, 1.54) is 6.92 Å². The number of hydrogen-bond donors (Lipinski definition) is 3. The SMILES string of the molecule is C.CC(=O)CC(C)(CS)C(=O)NN. The van der Waals surface area contributed by atoms with Gasteiger partial charge in [0.1, 0.15) is 5.78 Å². The van der Waals surface area contributed by atoms with Gasteiger partial charge in [0, 0.05) is 12.2 Å². The van der Waals surface area contributed by atoms with E-state index in [2.05, 4.69) is 12.6 Å². The fourth-order valence-corrected chi connectivity index (χ4v) is 1.19. The van der Waals surface area contributed by atoms with Gasteiger partial charge in [0.2, 0.25) is 5.91 Å². The molecule has 0 aromatic heterocycles. The van der Waals surface area contributed by atoms with Crippen LogP contribution in [0, 0.1) is 5.41 Å². The molecule has 0 bridgehead atoms. The zero-order chi connectivity index (χ0) is 9.78. The van der Waals surface area contributed by atoms with Gasteiger partial charge in [-0.25, -0.2) is 5.84 Å². The molecule has 0 fully saturated rings. The van der Waals surface area contributed by atoms with Crippen molar-refractivity contribution in [2.75, 3.05) is 5.75 Å². The fourth-order valence-electron chi connectivity index (χ4n) is 0.932. The van der Waals surface area contributed by atoms with E-state index >= 15 is 0 Å². The molecule has 0 rings (SSSR count). The van der Waals surface area contributed by atoms with Gasteiger partial charge in [-0.2, -0.15) is 12.6 Å². The monoisotopic (exact) mass is 206 g/mol. The van der Waals surface area contributed by atoms with Crippen molar-refractivity contribution in [3.05, 3.63) is 0 Å². The van der Waals surface area contributed by atoms with Crippen LogP contribution in [-0.4, -0.2) is 17.4 Å². The van der Waals surface area contributed by atoms with E-state index < -0.39 is 5.41 Å². The van der Waals surface area contributed by atoms with Gasteiger partial charge < -0.3 is 0 Å². The molecule has 0 radical (unpaired) electrons. The smallest absolute Gasteiger partial charge is 0.241 e. The predicted octanol–water partition coefficient (Wildman–Crippen LogP) is 0.528. The van der Waals surface area contributed by atoms with Crippen molar-refractivity contribution in [1.82, 2.24) is 5.43 Å². The summed E-state index contributed by atoms with van der Waals surface area (Å²) in [5.74, 6) is 4.87. The molecule has 4 nitrogen and oxygen atoms in total. The second-order valence-corrected chi connectivity index (χ2v) is 3.39. The quantitative estimate of drug-likeness (QED) is 0.272. The number of thiol groups is 1. The van der Waals surface area contributed by atoms with E-state index in [1.54, 1.807) is 6.92 Å². The minimum atomic E-state index is -0.788. The van der Waals surface area contributed by atoms with Gasteiger partial charge in [0.15, 0.2) is 0 Å². The van der Waals surface area contributed by atoms with Crippen LogP contribution in [-0.2, 0) is 9.59 Å². The van der Waals surface area contributed by atoms with Crippen LogP contribution in [0.25, 0.3) is 0 Å². The fraction of sp³-hybridized carbons (Fsp3) is 0.750. The van der Waals surface area contributed by atoms with Gasteiger partial charge >= 0.3 is 0 Å². The highest BCUT2D eigenvalue weighted by Gasteiger charge is 2.32. The largest absolute Gasteiger partial charge is 0.300 e. The van der Waals surface area contributed by atoms with Crippen LogP contribution in [0.3, 0.4) is 0 Å². The molecule has 13 heavy (non-hydrogen) atoms. The molecule has 5 heteroatoms. The second-order valence-electron chi connectivity index (χ2n) is 3.07. The van der Waals surface area contributed by atoms with Crippen molar-refractivity contribution in [3.63, 3.8) is 0 Å². The van der Waals surface area contributed by atoms with Crippen LogP contribution in [0.2, 0.25) is 0 Å². The van der Waals surface area contributed by atoms with E-state index in [0.29, 0.717) is 5.75 Å². The van der Waals surface area contributed by atoms with Crippen molar-refractivity contribution >= 4 is 24.3 Å². The Bertz CT molecular complexity index is 197. The lowest BCUT2D eigenvalue weighted by Crippen LogP contribution is -2.44. The van der Waals surface area contributed by atoms with Crippen LogP contribution in [0.15, 0.2) is 0 Å². The number of nitrogens with one attached hydrogen (secondary N) is 1. The molecule has 1 atom stereocenters. The van der Waals surface area contributed by atoms with Crippen molar-refractivity contribution in [1.29, 1.82) is 0 Å². The molecule has 0 aliphatic rings. The van der Waals surface area contributed by atoms with Crippen LogP contribution in [0.5, 0.6) is 0 Å². The van der Waals surface area contributed by atoms with Crippen LogP contribution in [0.4, 0.5) is 0 Å². The number of hydrazine groups is 1. The summed E-state index contributed by atoms with van der Waals surface area (Å²) in [4.78, 5) is 21.9. The van der Waals surface area contributed by atoms with Crippen LogP contribution < -0.4 is 11.3 Å². The van der Waals surface area contributed by atoms with Gasteiger partial charge in [-0.05, 0) is 13.8 Å². The van der Waals surface area contributed by atoms with Crippen LogP contribution in [0.1, 0.15) is 27.7 Å². The first-order chi connectivity index (χ1) is 5.46. The molecule has 0 aliphatic heterocycles. The molecule has 78 valence electrons. The molecule has 3 N–H and O–H groups in total. The Morgan fingerprint density at radius 2 is 2.00 bits per heavy atom. The highest BCUT2D eigenvalue weighted by molar-refractivity contribution is 7.80. The number of carbonyl (C=O) groups is 2. The Hall–Kier alpha value is -0.550. The summed E-state index contributed by atoms with van der Waals surface area (Å²) in [7, 11) is 0. The lowest BCUT2D eigenvalue weighted by Gasteiger charge is -2.23. The Morgan fingerprint density at radius 3 is 2.23 bits per heavy atom. The Balaban J connectivity index is 0. The summed E-state index contributed by atoms with van der Waals surface area (Å²) in [6.45, 7) is 3.09. The third-order valence-electron chi connectivity index (χ3n) is 1.67. The number of rotatable bonds is 4. The summed E-state index contributed by atoms with van der Waals surface area (Å²) < 4.78 is 0. The van der Waals surface area contributed by atoms with Crippen molar-refractivity contribution in [2.24, 2.45) is 11.3 Å². The minimum Gasteiger partial charge on any atom is -0.300 e. The summed E-state index contributed by atoms with van der Waals surface area (Å²) in [5.41, 5.74) is 1.23. The minimum absolute atomic E-state index is 0. The molecule has 0 spiro atoms. The summed E-state index contributed by atoms with van der Waals surface area (Å²) in [5, 5.41) is 0.